The lowest BCUT2D eigenvalue weighted by molar-refractivity contribution is 0.390. The van der Waals surface area contributed by atoms with E-state index in [2.05, 4.69) is 25.6 Å². The van der Waals surface area contributed by atoms with Gasteiger partial charge in [0.25, 0.3) is 0 Å². The van der Waals surface area contributed by atoms with Crippen LogP contribution in [-0.4, -0.2) is 41.8 Å². The van der Waals surface area contributed by atoms with Crippen molar-refractivity contribution in [3.05, 3.63) is 65.9 Å². The molecule has 3 rings (SSSR count). The second-order valence-electron chi connectivity index (χ2n) is 6.33. The van der Waals surface area contributed by atoms with Gasteiger partial charge >= 0.3 is 0 Å². The number of imidazole rings is 1. The summed E-state index contributed by atoms with van der Waals surface area (Å²) >= 11 is 0. The van der Waals surface area contributed by atoms with E-state index in [1.54, 1.807) is 27.5 Å². The van der Waals surface area contributed by atoms with E-state index in [0.29, 0.717) is 19.0 Å². The summed E-state index contributed by atoms with van der Waals surface area (Å²) in [7, 11) is 5.02. The number of ether oxygens (including phenoxy) is 2. The number of benzene rings is 1. The van der Waals surface area contributed by atoms with Crippen LogP contribution in [0, 0.1) is 6.92 Å². The highest BCUT2D eigenvalue weighted by Gasteiger charge is 2.07. The zero-order chi connectivity index (χ0) is 20.6. The Kier molecular flexibility index (Phi) is 6.67. The zero-order valence-electron chi connectivity index (χ0n) is 17.1. The number of methoxy groups -OCH3 is 2. The first-order chi connectivity index (χ1) is 14.1. The van der Waals surface area contributed by atoms with Crippen molar-refractivity contribution >= 4 is 5.96 Å². The number of aryl methyl sites for hydroxylation is 1. The van der Waals surface area contributed by atoms with E-state index < -0.39 is 0 Å². The number of guanidine groups is 1. The number of aliphatic imine (C=N–C) groups is 1. The molecule has 0 aliphatic rings. The fourth-order valence-electron chi connectivity index (χ4n) is 2.87. The molecule has 0 atom stereocenters. The first-order valence-electron chi connectivity index (χ1n) is 9.25. The Balaban J connectivity index is 1.56. The van der Waals surface area contributed by atoms with Gasteiger partial charge in [0.05, 0.1) is 14.2 Å². The monoisotopic (exact) mass is 394 g/mol. The van der Waals surface area contributed by atoms with Gasteiger partial charge in [-0.15, -0.1) is 0 Å². The smallest absolute Gasteiger partial charge is 0.191 e. The summed E-state index contributed by atoms with van der Waals surface area (Å²) < 4.78 is 12.6. The maximum absolute atomic E-state index is 5.44. The number of aromatic nitrogens is 3. The van der Waals surface area contributed by atoms with Crippen molar-refractivity contribution in [2.45, 2.75) is 20.0 Å². The molecule has 8 heteroatoms. The van der Waals surface area contributed by atoms with Crippen LogP contribution in [0.3, 0.4) is 0 Å². The van der Waals surface area contributed by atoms with Crippen LogP contribution in [0.1, 0.15) is 17.0 Å². The third-order valence-corrected chi connectivity index (χ3v) is 4.51. The predicted octanol–water partition coefficient (Wildman–Crippen LogP) is 2.46. The first kappa shape index (κ1) is 20.2. The molecule has 0 fully saturated rings. The molecule has 1 aromatic carbocycles. The standard InChI is InChI=1S/C21H26N6O2/c1-15-23-9-10-27(15)20-8-5-16(12-24-20)13-25-21(22-2)26-14-17-6-7-18(28-3)11-19(17)29-4/h5-12H,13-14H2,1-4H3,(H2,22,25,26). The molecule has 0 radical (unpaired) electrons. The van der Waals surface area contributed by atoms with Crippen molar-refractivity contribution in [2.75, 3.05) is 21.3 Å². The van der Waals surface area contributed by atoms with Crippen molar-refractivity contribution in [3.63, 3.8) is 0 Å². The molecule has 0 amide bonds. The van der Waals surface area contributed by atoms with Gasteiger partial charge in [0, 0.05) is 50.4 Å². The number of rotatable bonds is 7. The summed E-state index contributed by atoms with van der Waals surface area (Å²) in [5.74, 6) is 3.97. The van der Waals surface area contributed by atoms with Gasteiger partial charge in [-0.05, 0) is 30.7 Å². The fraction of sp³-hybridized carbons (Fsp3) is 0.286. The Morgan fingerprint density at radius 2 is 1.90 bits per heavy atom. The third-order valence-electron chi connectivity index (χ3n) is 4.51. The van der Waals surface area contributed by atoms with Crippen LogP contribution in [0.5, 0.6) is 11.5 Å². The van der Waals surface area contributed by atoms with E-state index in [0.717, 1.165) is 34.3 Å². The molecule has 0 aliphatic heterocycles. The van der Waals surface area contributed by atoms with E-state index in [-0.39, 0.29) is 0 Å². The third kappa shape index (κ3) is 5.04. The molecule has 29 heavy (non-hydrogen) atoms. The van der Waals surface area contributed by atoms with E-state index in [1.165, 1.54) is 0 Å². The van der Waals surface area contributed by atoms with Crippen molar-refractivity contribution in [1.82, 2.24) is 25.2 Å². The Hall–Kier alpha value is -3.55. The van der Waals surface area contributed by atoms with Crippen LogP contribution in [0.15, 0.2) is 53.9 Å². The van der Waals surface area contributed by atoms with Crippen LogP contribution >= 0.6 is 0 Å². The highest BCUT2D eigenvalue weighted by atomic mass is 16.5. The molecule has 3 aromatic rings. The molecule has 0 spiro atoms. The molecule has 0 bridgehead atoms. The molecule has 2 aromatic heterocycles. The van der Waals surface area contributed by atoms with Gasteiger partial charge in [0.1, 0.15) is 23.1 Å². The van der Waals surface area contributed by atoms with E-state index >= 15 is 0 Å². The summed E-state index contributed by atoms with van der Waals surface area (Å²) in [6.07, 6.45) is 5.51. The van der Waals surface area contributed by atoms with Gasteiger partial charge in [-0.2, -0.15) is 0 Å². The minimum absolute atomic E-state index is 0.573. The molecule has 0 unspecified atom stereocenters. The van der Waals surface area contributed by atoms with Gasteiger partial charge < -0.3 is 20.1 Å². The van der Waals surface area contributed by atoms with Gasteiger partial charge in [-0.25, -0.2) is 9.97 Å². The summed E-state index contributed by atoms with van der Waals surface area (Å²) in [5, 5.41) is 6.59. The molecular weight excluding hydrogens is 368 g/mol. The average Bonchev–Trinajstić information content (AvgIpc) is 3.20. The van der Waals surface area contributed by atoms with E-state index in [4.69, 9.17) is 9.47 Å². The largest absolute Gasteiger partial charge is 0.497 e. The maximum Gasteiger partial charge on any atom is 0.191 e. The molecule has 0 aliphatic carbocycles. The number of hydrogen-bond acceptors (Lipinski definition) is 5. The lowest BCUT2D eigenvalue weighted by atomic mass is 10.2. The molecule has 2 heterocycles. The zero-order valence-corrected chi connectivity index (χ0v) is 17.1. The first-order valence-corrected chi connectivity index (χ1v) is 9.25. The van der Waals surface area contributed by atoms with Crippen LogP contribution in [-0.2, 0) is 13.1 Å². The van der Waals surface area contributed by atoms with Crippen molar-refractivity contribution in [1.29, 1.82) is 0 Å². The van der Waals surface area contributed by atoms with E-state index in [1.807, 2.05) is 54.2 Å². The van der Waals surface area contributed by atoms with Gasteiger partial charge in [0.15, 0.2) is 5.96 Å². The molecule has 0 saturated carbocycles. The van der Waals surface area contributed by atoms with Crippen molar-refractivity contribution in [3.8, 4) is 17.3 Å². The second kappa shape index (κ2) is 9.59. The van der Waals surface area contributed by atoms with Crippen molar-refractivity contribution in [2.24, 2.45) is 4.99 Å². The van der Waals surface area contributed by atoms with Gasteiger partial charge in [-0.3, -0.25) is 9.56 Å². The lowest BCUT2D eigenvalue weighted by Crippen LogP contribution is -2.36. The minimum atomic E-state index is 0.573. The SMILES string of the molecule is CN=C(NCc1ccc(-n2ccnc2C)nc1)NCc1ccc(OC)cc1OC. The summed E-state index contributed by atoms with van der Waals surface area (Å²) in [6, 6.07) is 9.75. The Morgan fingerprint density at radius 3 is 2.52 bits per heavy atom. The summed E-state index contributed by atoms with van der Waals surface area (Å²) in [5.41, 5.74) is 2.06. The molecule has 8 nitrogen and oxygen atoms in total. The van der Waals surface area contributed by atoms with Crippen molar-refractivity contribution < 1.29 is 9.47 Å². The summed E-state index contributed by atoms with van der Waals surface area (Å²) in [4.78, 5) is 13.0. The fourth-order valence-corrected chi connectivity index (χ4v) is 2.87. The maximum atomic E-state index is 5.44. The second-order valence-corrected chi connectivity index (χ2v) is 6.33. The van der Waals surface area contributed by atoms with Gasteiger partial charge in [-0.1, -0.05) is 6.07 Å². The minimum Gasteiger partial charge on any atom is -0.497 e. The molecule has 0 saturated heterocycles. The number of nitrogens with zero attached hydrogens (tertiary/aromatic N) is 4. The quantitative estimate of drug-likeness (QED) is 0.473. The van der Waals surface area contributed by atoms with Crippen LogP contribution in [0.25, 0.3) is 5.82 Å². The highest BCUT2D eigenvalue weighted by Crippen LogP contribution is 2.24. The molecule has 152 valence electrons. The average molecular weight is 394 g/mol. The Labute approximate surface area is 170 Å². The number of nitrogens with one attached hydrogen (secondary N) is 2. The summed E-state index contributed by atoms with van der Waals surface area (Å²) in [6.45, 7) is 3.13. The lowest BCUT2D eigenvalue weighted by Gasteiger charge is -2.14. The van der Waals surface area contributed by atoms with Crippen LogP contribution < -0.4 is 20.1 Å². The highest BCUT2D eigenvalue weighted by molar-refractivity contribution is 5.79. The predicted molar refractivity (Wildman–Crippen MR) is 113 cm³/mol. The molecule has 2 N–H and O–H groups in total. The van der Waals surface area contributed by atoms with Crippen LogP contribution in [0.4, 0.5) is 0 Å². The van der Waals surface area contributed by atoms with E-state index in [9.17, 15) is 0 Å². The topological polar surface area (TPSA) is 85.6 Å². The Morgan fingerprint density at radius 1 is 1.07 bits per heavy atom. The number of hydrogen-bond donors (Lipinski definition) is 2. The number of pyridine rings is 1. The van der Waals surface area contributed by atoms with Crippen LogP contribution in [0.2, 0.25) is 0 Å². The van der Waals surface area contributed by atoms with Gasteiger partial charge in [0.2, 0.25) is 0 Å². The Bertz CT molecular complexity index is 966. The molecular formula is C21H26N6O2. The normalized spacial score (nSPS) is 11.2.